The van der Waals surface area contributed by atoms with E-state index >= 15 is 0 Å². The average molecular weight is 301 g/mol. The van der Waals surface area contributed by atoms with Gasteiger partial charge in [-0.3, -0.25) is 9.55 Å². The number of rotatable bonds is 3. The first-order valence-electron chi connectivity index (χ1n) is 7.15. The van der Waals surface area contributed by atoms with Crippen molar-refractivity contribution in [3.8, 4) is 11.1 Å². The van der Waals surface area contributed by atoms with Gasteiger partial charge in [0.25, 0.3) is 0 Å². The fourth-order valence-electron chi connectivity index (χ4n) is 2.65. The van der Waals surface area contributed by atoms with Gasteiger partial charge in [0.15, 0.2) is 5.65 Å². The average Bonchev–Trinajstić information content (AvgIpc) is 3.23. The Labute approximate surface area is 124 Å². The lowest BCUT2D eigenvalue weighted by atomic mass is 10.1. The topological polar surface area (TPSA) is 50.7 Å². The number of pyridine rings is 1. The third-order valence-corrected chi connectivity index (χ3v) is 3.96. The number of H-pyrrole nitrogens is 1. The summed E-state index contributed by atoms with van der Waals surface area (Å²) in [4.78, 5) is 18.9. The first-order chi connectivity index (χ1) is 10.6. The van der Waals surface area contributed by atoms with Crippen LogP contribution in [0.4, 0.5) is 8.78 Å². The predicted molar refractivity (Wildman–Crippen MR) is 78.4 cm³/mol. The van der Waals surface area contributed by atoms with Crippen LogP contribution in [0.25, 0.3) is 22.3 Å². The molecule has 1 aromatic carbocycles. The number of imidazole rings is 1. The van der Waals surface area contributed by atoms with Gasteiger partial charge in [-0.05, 0) is 42.5 Å². The Bertz CT molecular complexity index is 905. The van der Waals surface area contributed by atoms with E-state index in [9.17, 15) is 13.6 Å². The Balaban J connectivity index is 1.86. The SMILES string of the molecule is O=c1[nH]c2ncc(-c3cc(F)cc(F)c3)cc2n1CC1CC1. The van der Waals surface area contributed by atoms with Crippen molar-refractivity contribution >= 4 is 11.2 Å². The Kier molecular flexibility index (Phi) is 2.85. The molecule has 2 heterocycles. The van der Waals surface area contributed by atoms with Crippen LogP contribution in [0.2, 0.25) is 0 Å². The van der Waals surface area contributed by atoms with Crippen molar-refractivity contribution in [1.29, 1.82) is 0 Å². The van der Waals surface area contributed by atoms with Crippen LogP contribution >= 0.6 is 0 Å². The van der Waals surface area contributed by atoms with Crippen molar-refractivity contribution in [2.45, 2.75) is 19.4 Å². The molecule has 1 fully saturated rings. The van der Waals surface area contributed by atoms with Crippen LogP contribution in [0.1, 0.15) is 12.8 Å². The summed E-state index contributed by atoms with van der Waals surface area (Å²) >= 11 is 0. The van der Waals surface area contributed by atoms with Crippen molar-refractivity contribution in [3.63, 3.8) is 0 Å². The number of nitrogens with one attached hydrogen (secondary N) is 1. The molecular weight excluding hydrogens is 288 g/mol. The van der Waals surface area contributed by atoms with Crippen LogP contribution < -0.4 is 5.69 Å². The normalized spacial score (nSPS) is 14.6. The van der Waals surface area contributed by atoms with Gasteiger partial charge in [0.05, 0.1) is 5.52 Å². The largest absolute Gasteiger partial charge is 0.327 e. The fraction of sp³-hybridized carbons (Fsp3) is 0.250. The van der Waals surface area contributed by atoms with Crippen LogP contribution in [0, 0.1) is 17.6 Å². The zero-order valence-corrected chi connectivity index (χ0v) is 11.6. The molecule has 6 heteroatoms. The first-order valence-corrected chi connectivity index (χ1v) is 7.15. The number of aromatic nitrogens is 3. The summed E-state index contributed by atoms with van der Waals surface area (Å²) in [7, 11) is 0. The summed E-state index contributed by atoms with van der Waals surface area (Å²) in [5, 5.41) is 0. The summed E-state index contributed by atoms with van der Waals surface area (Å²) in [5.74, 6) is -0.744. The standard InChI is InChI=1S/C16H13F2N3O/c17-12-3-10(4-13(18)6-12)11-5-14-15(19-7-11)20-16(22)21(14)8-9-1-2-9/h3-7,9H,1-2,8H2,(H,19,20,22). The predicted octanol–water partition coefficient (Wildman–Crippen LogP) is 3.08. The van der Waals surface area contributed by atoms with Crippen molar-refractivity contribution in [2.24, 2.45) is 5.92 Å². The molecule has 2 aromatic heterocycles. The third-order valence-electron chi connectivity index (χ3n) is 3.96. The zero-order valence-electron chi connectivity index (χ0n) is 11.6. The molecule has 0 atom stereocenters. The lowest BCUT2D eigenvalue weighted by Gasteiger charge is -2.05. The zero-order chi connectivity index (χ0) is 15.3. The van der Waals surface area contributed by atoms with Crippen molar-refractivity contribution in [2.75, 3.05) is 0 Å². The molecule has 4 nitrogen and oxygen atoms in total. The number of benzene rings is 1. The van der Waals surface area contributed by atoms with Gasteiger partial charge in [-0.25, -0.2) is 18.6 Å². The summed E-state index contributed by atoms with van der Waals surface area (Å²) < 4.78 is 28.4. The van der Waals surface area contributed by atoms with E-state index in [0.29, 0.717) is 34.8 Å². The van der Waals surface area contributed by atoms with E-state index in [4.69, 9.17) is 0 Å². The number of hydrogen-bond acceptors (Lipinski definition) is 2. The van der Waals surface area contributed by atoms with E-state index in [2.05, 4.69) is 9.97 Å². The second-order valence-corrected chi connectivity index (χ2v) is 5.73. The smallest absolute Gasteiger partial charge is 0.290 e. The molecule has 0 radical (unpaired) electrons. The highest BCUT2D eigenvalue weighted by Gasteiger charge is 2.23. The summed E-state index contributed by atoms with van der Waals surface area (Å²) in [6.45, 7) is 0.654. The van der Waals surface area contributed by atoms with Gasteiger partial charge in [0.2, 0.25) is 0 Å². The molecule has 1 saturated carbocycles. The Morgan fingerprint density at radius 3 is 2.55 bits per heavy atom. The van der Waals surface area contributed by atoms with Crippen LogP contribution in [-0.2, 0) is 6.54 Å². The van der Waals surface area contributed by atoms with Gasteiger partial charge in [0.1, 0.15) is 11.6 Å². The van der Waals surface area contributed by atoms with Crippen molar-refractivity contribution in [1.82, 2.24) is 14.5 Å². The molecule has 0 aliphatic heterocycles. The van der Waals surface area contributed by atoms with E-state index in [-0.39, 0.29) is 5.69 Å². The Morgan fingerprint density at radius 1 is 1.14 bits per heavy atom. The van der Waals surface area contributed by atoms with Crippen molar-refractivity contribution < 1.29 is 8.78 Å². The molecular formula is C16H13F2N3O. The maximum absolute atomic E-state index is 13.4. The maximum atomic E-state index is 13.4. The highest BCUT2D eigenvalue weighted by atomic mass is 19.1. The van der Waals surface area contributed by atoms with Gasteiger partial charge in [-0.15, -0.1) is 0 Å². The molecule has 4 rings (SSSR count). The highest BCUT2D eigenvalue weighted by Crippen LogP contribution is 2.31. The monoisotopic (exact) mass is 301 g/mol. The lowest BCUT2D eigenvalue weighted by Crippen LogP contribution is -2.17. The van der Waals surface area contributed by atoms with E-state index in [0.717, 1.165) is 18.9 Å². The van der Waals surface area contributed by atoms with Crippen LogP contribution in [0.5, 0.6) is 0 Å². The molecule has 1 aliphatic rings. The maximum Gasteiger partial charge on any atom is 0.327 e. The second kappa shape index (κ2) is 4.76. The van der Waals surface area contributed by atoms with E-state index in [1.807, 2.05) is 0 Å². The Morgan fingerprint density at radius 2 is 1.86 bits per heavy atom. The highest BCUT2D eigenvalue weighted by molar-refractivity contribution is 5.78. The number of fused-ring (bicyclic) bond motifs is 1. The molecule has 22 heavy (non-hydrogen) atoms. The van der Waals surface area contributed by atoms with Crippen molar-refractivity contribution in [3.05, 3.63) is 52.6 Å². The van der Waals surface area contributed by atoms with Gasteiger partial charge in [-0.2, -0.15) is 0 Å². The second-order valence-electron chi connectivity index (χ2n) is 5.73. The van der Waals surface area contributed by atoms with Gasteiger partial charge in [0, 0.05) is 24.4 Å². The minimum Gasteiger partial charge on any atom is -0.290 e. The van der Waals surface area contributed by atoms with E-state index < -0.39 is 11.6 Å². The number of hydrogen-bond donors (Lipinski definition) is 1. The number of halogens is 2. The molecule has 3 aromatic rings. The molecule has 0 saturated heterocycles. The number of aromatic amines is 1. The van der Waals surface area contributed by atoms with Gasteiger partial charge in [-0.1, -0.05) is 0 Å². The molecule has 112 valence electrons. The quantitative estimate of drug-likeness (QED) is 0.808. The minimum atomic E-state index is -0.639. The number of nitrogens with zero attached hydrogens (tertiary/aromatic N) is 2. The lowest BCUT2D eigenvalue weighted by molar-refractivity contribution is 0.584. The molecule has 1 N–H and O–H groups in total. The van der Waals surface area contributed by atoms with Crippen LogP contribution in [0.3, 0.4) is 0 Å². The van der Waals surface area contributed by atoms with Crippen LogP contribution in [0.15, 0.2) is 35.3 Å². The molecule has 0 unspecified atom stereocenters. The summed E-state index contributed by atoms with van der Waals surface area (Å²) in [6, 6.07) is 5.08. The minimum absolute atomic E-state index is 0.197. The Hall–Kier alpha value is -2.50. The molecule has 0 amide bonds. The molecule has 1 aliphatic carbocycles. The summed E-state index contributed by atoms with van der Waals surface area (Å²) in [6.07, 6.45) is 3.76. The third kappa shape index (κ3) is 2.30. The van der Waals surface area contributed by atoms with Gasteiger partial charge >= 0.3 is 5.69 Å². The summed E-state index contributed by atoms with van der Waals surface area (Å²) in [5.41, 5.74) is 1.94. The van der Waals surface area contributed by atoms with E-state index in [1.165, 1.54) is 18.3 Å². The first kappa shape index (κ1) is 13.2. The van der Waals surface area contributed by atoms with Crippen LogP contribution in [-0.4, -0.2) is 14.5 Å². The van der Waals surface area contributed by atoms with E-state index in [1.54, 1.807) is 10.6 Å². The van der Waals surface area contributed by atoms with Gasteiger partial charge < -0.3 is 0 Å². The molecule has 0 bridgehead atoms. The molecule has 0 spiro atoms. The fourth-order valence-corrected chi connectivity index (χ4v) is 2.65.